The largest absolute Gasteiger partial charge is 0.496 e. The number of amides is 2. The molecule has 1 aromatic rings. The van der Waals surface area contributed by atoms with E-state index in [-0.39, 0.29) is 12.2 Å². The number of hydrogen-bond donors (Lipinski definition) is 1. The first kappa shape index (κ1) is 32.4. The van der Waals surface area contributed by atoms with Crippen LogP contribution >= 0.6 is 0 Å². The zero-order valence-corrected chi connectivity index (χ0v) is 23.7. The van der Waals surface area contributed by atoms with Crippen LogP contribution in [0.15, 0.2) is 43.5 Å². The summed E-state index contributed by atoms with van der Waals surface area (Å²) in [7, 11) is 4.28. The Hall–Kier alpha value is -3.62. The molecule has 0 aromatic heterocycles. The van der Waals surface area contributed by atoms with Gasteiger partial charge >= 0.3 is 12.1 Å². The van der Waals surface area contributed by atoms with Crippen molar-refractivity contribution in [2.75, 3.05) is 21.3 Å². The maximum atomic E-state index is 13.7. The van der Waals surface area contributed by atoms with E-state index in [1.54, 1.807) is 65.2 Å². The standard InChI is InChI=1S/C29H42N2O7/c1-10-12-14-22(27(34)37-9)30-26(33)19(3)17-23(32)25(31(7)28(35)38-29(4,5)6)21-15-16-24(36-8)20(18-21)13-11-2/h10-11,15-16,18-19,22,25H,1-2,12-14,17H2,3-9H3,(H,30,33)/t19-,22+,25+/m1/s1. The summed E-state index contributed by atoms with van der Waals surface area (Å²) in [5.41, 5.74) is 0.574. The van der Waals surface area contributed by atoms with E-state index in [0.29, 0.717) is 30.6 Å². The van der Waals surface area contributed by atoms with Crippen LogP contribution < -0.4 is 10.1 Å². The molecule has 1 N–H and O–H groups in total. The highest BCUT2D eigenvalue weighted by Gasteiger charge is 2.34. The van der Waals surface area contributed by atoms with Gasteiger partial charge in [0.2, 0.25) is 5.91 Å². The molecule has 0 radical (unpaired) electrons. The molecule has 9 nitrogen and oxygen atoms in total. The van der Waals surface area contributed by atoms with Crippen molar-refractivity contribution < 1.29 is 33.4 Å². The third-order valence-electron chi connectivity index (χ3n) is 5.77. The minimum atomic E-state index is -1.02. The molecule has 0 aliphatic rings. The normalized spacial score (nSPS) is 13.3. The van der Waals surface area contributed by atoms with Crippen LogP contribution in [0.25, 0.3) is 0 Å². The zero-order valence-electron chi connectivity index (χ0n) is 23.7. The van der Waals surface area contributed by atoms with Gasteiger partial charge in [-0.05, 0) is 63.3 Å². The molecule has 0 spiro atoms. The van der Waals surface area contributed by atoms with Crippen LogP contribution in [-0.2, 0) is 30.3 Å². The number of hydrogen-bond acceptors (Lipinski definition) is 7. The van der Waals surface area contributed by atoms with E-state index in [4.69, 9.17) is 14.2 Å². The summed E-state index contributed by atoms with van der Waals surface area (Å²) in [4.78, 5) is 52.9. The first-order chi connectivity index (χ1) is 17.8. The number of esters is 1. The third kappa shape index (κ3) is 9.68. The van der Waals surface area contributed by atoms with Gasteiger partial charge in [0.15, 0.2) is 5.78 Å². The molecular formula is C29H42N2O7. The minimum absolute atomic E-state index is 0.179. The first-order valence-corrected chi connectivity index (χ1v) is 12.5. The van der Waals surface area contributed by atoms with Crippen molar-refractivity contribution in [2.24, 2.45) is 5.92 Å². The Bertz CT molecular complexity index is 1010. The van der Waals surface area contributed by atoms with E-state index < -0.39 is 41.6 Å². The van der Waals surface area contributed by atoms with Gasteiger partial charge in [-0.15, -0.1) is 13.2 Å². The molecule has 0 aliphatic carbocycles. The van der Waals surface area contributed by atoms with Gasteiger partial charge in [-0.1, -0.05) is 25.1 Å². The lowest BCUT2D eigenvalue weighted by atomic mass is 9.92. The number of Topliss-reactive ketones (excluding diaryl/α,β-unsaturated/α-hetero) is 1. The van der Waals surface area contributed by atoms with Gasteiger partial charge in [-0.2, -0.15) is 0 Å². The number of allylic oxidation sites excluding steroid dienone is 2. The molecule has 0 bridgehead atoms. The number of ketones is 1. The molecule has 210 valence electrons. The Kier molecular flexibility index (Phi) is 12.8. The molecule has 1 rings (SSSR count). The number of carbonyl (C=O) groups excluding carboxylic acids is 4. The molecule has 0 saturated carbocycles. The Morgan fingerprint density at radius 3 is 2.29 bits per heavy atom. The van der Waals surface area contributed by atoms with Crippen molar-refractivity contribution in [1.29, 1.82) is 0 Å². The lowest BCUT2D eigenvalue weighted by Gasteiger charge is -2.31. The lowest BCUT2D eigenvalue weighted by Crippen LogP contribution is -2.45. The van der Waals surface area contributed by atoms with Crippen LogP contribution in [0.2, 0.25) is 0 Å². The second-order valence-corrected chi connectivity index (χ2v) is 10.1. The molecular weight excluding hydrogens is 488 g/mol. The van der Waals surface area contributed by atoms with Crippen molar-refractivity contribution in [2.45, 2.75) is 71.1 Å². The molecule has 2 amide bonds. The summed E-state index contributed by atoms with van der Waals surface area (Å²) >= 11 is 0. The van der Waals surface area contributed by atoms with Gasteiger partial charge in [0.1, 0.15) is 23.4 Å². The van der Waals surface area contributed by atoms with Crippen molar-refractivity contribution >= 4 is 23.8 Å². The van der Waals surface area contributed by atoms with Crippen molar-refractivity contribution in [3.63, 3.8) is 0 Å². The van der Waals surface area contributed by atoms with Crippen LogP contribution in [0.3, 0.4) is 0 Å². The second-order valence-electron chi connectivity index (χ2n) is 10.1. The smallest absolute Gasteiger partial charge is 0.410 e. The summed E-state index contributed by atoms with van der Waals surface area (Å²) < 4.78 is 15.7. The molecule has 0 saturated heterocycles. The first-order valence-electron chi connectivity index (χ1n) is 12.5. The zero-order chi connectivity index (χ0) is 29.0. The van der Waals surface area contributed by atoms with E-state index in [0.717, 1.165) is 5.56 Å². The maximum Gasteiger partial charge on any atom is 0.410 e. The summed E-state index contributed by atoms with van der Waals surface area (Å²) in [6.45, 7) is 14.2. The average Bonchev–Trinajstić information content (AvgIpc) is 2.85. The topological polar surface area (TPSA) is 111 Å². The summed E-state index contributed by atoms with van der Waals surface area (Å²) in [5, 5.41) is 2.66. The van der Waals surface area contributed by atoms with Gasteiger partial charge in [0, 0.05) is 19.4 Å². The van der Waals surface area contributed by atoms with Gasteiger partial charge in [0.25, 0.3) is 0 Å². The van der Waals surface area contributed by atoms with Crippen LogP contribution in [-0.4, -0.2) is 61.6 Å². The monoisotopic (exact) mass is 530 g/mol. The van der Waals surface area contributed by atoms with Crippen molar-refractivity contribution in [1.82, 2.24) is 10.2 Å². The van der Waals surface area contributed by atoms with Crippen LogP contribution in [0, 0.1) is 5.92 Å². The van der Waals surface area contributed by atoms with Gasteiger partial charge in [-0.3, -0.25) is 14.5 Å². The number of likely N-dealkylation sites (N-methyl/N-ethyl adjacent to an activating group) is 1. The summed E-state index contributed by atoms with van der Waals surface area (Å²) in [6, 6.07) is 3.35. The Balaban J connectivity index is 3.29. The molecule has 0 unspecified atom stereocenters. The Morgan fingerprint density at radius 2 is 1.76 bits per heavy atom. The third-order valence-corrected chi connectivity index (χ3v) is 5.77. The van der Waals surface area contributed by atoms with Gasteiger partial charge < -0.3 is 19.5 Å². The van der Waals surface area contributed by atoms with E-state index in [2.05, 4.69) is 18.5 Å². The van der Waals surface area contributed by atoms with Crippen LogP contribution in [0.1, 0.15) is 64.1 Å². The van der Waals surface area contributed by atoms with Crippen molar-refractivity contribution in [3.8, 4) is 5.75 Å². The number of nitrogens with zero attached hydrogens (tertiary/aromatic N) is 1. The van der Waals surface area contributed by atoms with E-state index in [1.165, 1.54) is 19.1 Å². The molecule has 3 atom stereocenters. The predicted octanol–water partition coefficient (Wildman–Crippen LogP) is 4.55. The average molecular weight is 531 g/mol. The van der Waals surface area contributed by atoms with Crippen molar-refractivity contribution in [3.05, 3.63) is 54.6 Å². The number of methoxy groups -OCH3 is 2. The fourth-order valence-electron chi connectivity index (χ4n) is 3.84. The summed E-state index contributed by atoms with van der Waals surface area (Å²) in [5.74, 6) is -1.57. The maximum absolute atomic E-state index is 13.7. The predicted molar refractivity (Wildman–Crippen MR) is 146 cm³/mol. The summed E-state index contributed by atoms with van der Waals surface area (Å²) in [6.07, 6.45) is 3.82. The number of rotatable bonds is 14. The number of benzene rings is 1. The van der Waals surface area contributed by atoms with Crippen LogP contribution in [0.5, 0.6) is 5.75 Å². The fraction of sp³-hybridized carbons (Fsp3) is 0.517. The molecule has 0 aliphatic heterocycles. The highest BCUT2D eigenvalue weighted by atomic mass is 16.6. The van der Waals surface area contributed by atoms with Crippen LogP contribution in [0.4, 0.5) is 4.79 Å². The van der Waals surface area contributed by atoms with Gasteiger partial charge in [-0.25, -0.2) is 9.59 Å². The second kappa shape index (κ2) is 15.0. The number of ether oxygens (including phenoxy) is 3. The molecule has 9 heteroatoms. The molecule has 0 heterocycles. The SMILES string of the molecule is C=CCC[C@H](NC(=O)[C@H](C)CC(=O)[C@H](c1ccc(OC)c(CC=C)c1)N(C)C(=O)OC(C)(C)C)C(=O)OC. The minimum Gasteiger partial charge on any atom is -0.496 e. The lowest BCUT2D eigenvalue weighted by molar-refractivity contribution is -0.145. The van der Waals surface area contributed by atoms with E-state index in [9.17, 15) is 19.2 Å². The quantitative estimate of drug-likeness (QED) is 0.277. The number of nitrogens with one attached hydrogen (secondary N) is 1. The highest BCUT2D eigenvalue weighted by Crippen LogP contribution is 2.30. The fourth-order valence-corrected chi connectivity index (χ4v) is 3.84. The Labute approximate surface area is 226 Å². The number of carbonyl (C=O) groups is 4. The highest BCUT2D eigenvalue weighted by molar-refractivity contribution is 5.93. The van der Waals surface area contributed by atoms with E-state index >= 15 is 0 Å². The molecule has 38 heavy (non-hydrogen) atoms. The van der Waals surface area contributed by atoms with E-state index in [1.807, 2.05) is 0 Å². The van der Waals surface area contributed by atoms with Gasteiger partial charge in [0.05, 0.1) is 14.2 Å². The Morgan fingerprint density at radius 1 is 1.11 bits per heavy atom. The molecule has 0 fully saturated rings. The molecule has 1 aromatic carbocycles.